The zero-order chi connectivity index (χ0) is 14.6. The molecule has 0 aliphatic carbocycles. The van der Waals surface area contributed by atoms with E-state index in [1.54, 1.807) is 13.0 Å². The second kappa shape index (κ2) is 5.55. The fraction of sp³-hybridized carbons (Fsp3) is 0.231. The monoisotopic (exact) mass is 276 g/mol. The molecule has 0 radical (unpaired) electrons. The highest BCUT2D eigenvalue weighted by atomic mass is 32.2. The Labute approximate surface area is 112 Å². The summed E-state index contributed by atoms with van der Waals surface area (Å²) in [5.74, 6) is 1.43. The van der Waals surface area contributed by atoms with Crippen molar-refractivity contribution in [2.75, 3.05) is 6.54 Å². The molecule has 6 heteroatoms. The number of nitrogens with zero attached hydrogens (tertiary/aromatic N) is 2. The predicted molar refractivity (Wildman–Crippen MR) is 69.3 cm³/mol. The fourth-order valence-corrected chi connectivity index (χ4v) is 3.10. The fourth-order valence-electron chi connectivity index (χ4n) is 1.57. The van der Waals surface area contributed by atoms with Crippen LogP contribution in [0.5, 0.6) is 0 Å². The molecule has 0 bridgehead atoms. The molecule has 1 amide bonds. The van der Waals surface area contributed by atoms with Gasteiger partial charge in [0.05, 0.1) is 12.1 Å². The number of benzene rings is 1. The molecule has 0 unspecified atom stereocenters. The SMILES string of the molecule is C#CCN(C(C)=O)S(=O)(=O)c1cccc(C)c1C#N. The molecule has 1 aromatic carbocycles. The third-order valence-corrected chi connectivity index (χ3v) is 4.36. The van der Waals surface area contributed by atoms with Crippen molar-refractivity contribution in [1.82, 2.24) is 4.31 Å². The van der Waals surface area contributed by atoms with Crippen molar-refractivity contribution >= 4 is 15.9 Å². The Hall–Kier alpha value is -2.31. The van der Waals surface area contributed by atoms with Gasteiger partial charge in [-0.3, -0.25) is 4.79 Å². The van der Waals surface area contributed by atoms with Gasteiger partial charge in [0.2, 0.25) is 5.91 Å². The third-order valence-electron chi connectivity index (χ3n) is 2.50. The minimum atomic E-state index is -4.11. The first-order valence-electron chi connectivity index (χ1n) is 5.32. The first-order chi connectivity index (χ1) is 8.86. The number of nitriles is 1. The molecular formula is C13H12N2O3S. The molecule has 0 atom stereocenters. The van der Waals surface area contributed by atoms with Crippen LogP contribution in [0, 0.1) is 30.6 Å². The van der Waals surface area contributed by atoms with Crippen molar-refractivity contribution < 1.29 is 13.2 Å². The van der Waals surface area contributed by atoms with Crippen LogP contribution in [0.3, 0.4) is 0 Å². The molecule has 0 heterocycles. The topological polar surface area (TPSA) is 78.2 Å². The number of rotatable bonds is 3. The Balaban J connectivity index is 3.53. The summed E-state index contributed by atoms with van der Waals surface area (Å²) in [5, 5.41) is 9.05. The van der Waals surface area contributed by atoms with E-state index in [2.05, 4.69) is 5.92 Å². The normalized spacial score (nSPS) is 10.3. The maximum Gasteiger partial charge on any atom is 0.268 e. The summed E-state index contributed by atoms with van der Waals surface area (Å²) in [6.07, 6.45) is 5.07. The third kappa shape index (κ3) is 2.75. The number of carbonyl (C=O) groups is 1. The summed E-state index contributed by atoms with van der Waals surface area (Å²) >= 11 is 0. The van der Waals surface area contributed by atoms with Crippen LogP contribution >= 0.6 is 0 Å². The highest BCUT2D eigenvalue weighted by molar-refractivity contribution is 7.89. The summed E-state index contributed by atoms with van der Waals surface area (Å²) < 4.78 is 25.3. The number of hydrogen-bond donors (Lipinski definition) is 0. The van der Waals surface area contributed by atoms with E-state index in [4.69, 9.17) is 11.7 Å². The number of carbonyl (C=O) groups excluding carboxylic acids is 1. The summed E-state index contributed by atoms with van der Waals surface area (Å²) in [5.41, 5.74) is 0.540. The van der Waals surface area contributed by atoms with Crippen LogP contribution < -0.4 is 0 Å². The summed E-state index contributed by atoms with van der Waals surface area (Å²) in [6, 6.07) is 6.26. The van der Waals surface area contributed by atoms with Crippen molar-refractivity contribution in [3.8, 4) is 18.4 Å². The van der Waals surface area contributed by atoms with Gasteiger partial charge in [0.25, 0.3) is 10.0 Å². The van der Waals surface area contributed by atoms with Gasteiger partial charge in [-0.2, -0.15) is 5.26 Å². The number of hydrogen-bond acceptors (Lipinski definition) is 4. The van der Waals surface area contributed by atoms with Crippen LogP contribution in [0.1, 0.15) is 18.1 Å². The number of amides is 1. The maximum atomic E-state index is 12.4. The highest BCUT2D eigenvalue weighted by Crippen LogP contribution is 2.22. The number of aryl methyl sites for hydroxylation is 1. The minimum Gasteiger partial charge on any atom is -0.274 e. The van der Waals surface area contributed by atoms with Gasteiger partial charge in [0.15, 0.2) is 0 Å². The van der Waals surface area contributed by atoms with E-state index in [-0.39, 0.29) is 17.0 Å². The lowest BCUT2D eigenvalue weighted by molar-refractivity contribution is -0.123. The van der Waals surface area contributed by atoms with Gasteiger partial charge in [0, 0.05) is 6.92 Å². The van der Waals surface area contributed by atoms with Gasteiger partial charge in [-0.05, 0) is 18.6 Å². The van der Waals surface area contributed by atoms with E-state index in [9.17, 15) is 13.2 Å². The quantitative estimate of drug-likeness (QED) is 0.773. The molecule has 0 fully saturated rings. The Morgan fingerprint density at radius 1 is 1.47 bits per heavy atom. The van der Waals surface area contributed by atoms with Gasteiger partial charge >= 0.3 is 0 Å². The maximum absolute atomic E-state index is 12.4. The van der Waals surface area contributed by atoms with E-state index in [1.165, 1.54) is 12.1 Å². The largest absolute Gasteiger partial charge is 0.274 e. The molecule has 1 rings (SSSR count). The molecule has 98 valence electrons. The standard InChI is InChI=1S/C13H12N2O3S/c1-4-8-15(11(3)16)19(17,18)13-7-5-6-10(2)12(13)9-14/h1,5-7H,8H2,2-3H3. The Morgan fingerprint density at radius 2 is 2.11 bits per heavy atom. The summed E-state index contributed by atoms with van der Waals surface area (Å²) in [7, 11) is -4.11. The van der Waals surface area contributed by atoms with Crippen LogP contribution in [-0.2, 0) is 14.8 Å². The van der Waals surface area contributed by atoms with Crippen LogP contribution in [0.2, 0.25) is 0 Å². The van der Waals surface area contributed by atoms with Gasteiger partial charge in [0.1, 0.15) is 11.0 Å². The molecular weight excluding hydrogens is 264 g/mol. The second-order valence-corrected chi connectivity index (χ2v) is 5.63. The molecule has 0 saturated carbocycles. The van der Waals surface area contributed by atoms with Crippen molar-refractivity contribution in [3.05, 3.63) is 29.3 Å². The average molecular weight is 276 g/mol. The zero-order valence-electron chi connectivity index (χ0n) is 10.5. The molecule has 5 nitrogen and oxygen atoms in total. The molecule has 0 spiro atoms. The minimum absolute atomic E-state index is 0.0192. The first-order valence-corrected chi connectivity index (χ1v) is 6.76. The zero-order valence-corrected chi connectivity index (χ0v) is 11.4. The number of sulfonamides is 1. The molecule has 1 aromatic rings. The van der Waals surface area contributed by atoms with Crippen LogP contribution in [0.25, 0.3) is 0 Å². The van der Waals surface area contributed by atoms with Crippen molar-refractivity contribution in [2.45, 2.75) is 18.7 Å². The molecule has 0 aliphatic rings. The summed E-state index contributed by atoms with van der Waals surface area (Å²) in [6.45, 7) is 2.37. The van der Waals surface area contributed by atoms with Gasteiger partial charge in [-0.1, -0.05) is 18.1 Å². The van der Waals surface area contributed by atoms with E-state index in [0.717, 1.165) is 6.92 Å². The molecule has 0 aromatic heterocycles. The number of terminal acetylenes is 1. The first kappa shape index (κ1) is 14.7. The Bertz CT molecular complexity index is 694. The van der Waals surface area contributed by atoms with Crippen LogP contribution in [-0.4, -0.2) is 25.2 Å². The Kier molecular flexibility index (Phi) is 4.31. The van der Waals surface area contributed by atoms with Crippen LogP contribution in [0.15, 0.2) is 23.1 Å². The van der Waals surface area contributed by atoms with Crippen molar-refractivity contribution in [2.24, 2.45) is 0 Å². The van der Waals surface area contributed by atoms with Gasteiger partial charge < -0.3 is 0 Å². The lowest BCUT2D eigenvalue weighted by Crippen LogP contribution is -2.36. The smallest absolute Gasteiger partial charge is 0.268 e. The van der Waals surface area contributed by atoms with E-state index in [0.29, 0.717) is 9.87 Å². The van der Waals surface area contributed by atoms with Crippen molar-refractivity contribution in [1.29, 1.82) is 5.26 Å². The van der Waals surface area contributed by atoms with E-state index in [1.807, 2.05) is 6.07 Å². The molecule has 0 saturated heterocycles. The highest BCUT2D eigenvalue weighted by Gasteiger charge is 2.29. The second-order valence-electron chi connectivity index (χ2n) is 3.79. The average Bonchev–Trinajstić information content (AvgIpc) is 2.34. The molecule has 19 heavy (non-hydrogen) atoms. The van der Waals surface area contributed by atoms with Crippen LogP contribution in [0.4, 0.5) is 0 Å². The lowest BCUT2D eigenvalue weighted by atomic mass is 10.1. The molecule has 0 aliphatic heterocycles. The lowest BCUT2D eigenvalue weighted by Gasteiger charge is -2.19. The van der Waals surface area contributed by atoms with E-state index < -0.39 is 15.9 Å². The predicted octanol–water partition coefficient (Wildman–Crippen LogP) is 1.04. The molecule has 0 N–H and O–H groups in total. The Morgan fingerprint density at radius 3 is 2.58 bits per heavy atom. The van der Waals surface area contributed by atoms with Gasteiger partial charge in [-0.15, -0.1) is 6.42 Å². The van der Waals surface area contributed by atoms with E-state index >= 15 is 0 Å². The van der Waals surface area contributed by atoms with Crippen molar-refractivity contribution in [3.63, 3.8) is 0 Å². The van der Waals surface area contributed by atoms with Gasteiger partial charge in [-0.25, -0.2) is 12.7 Å². The summed E-state index contributed by atoms with van der Waals surface area (Å²) in [4.78, 5) is 11.2.